The molecule has 0 aliphatic rings. The van der Waals surface area contributed by atoms with Crippen molar-refractivity contribution in [3.63, 3.8) is 0 Å². The standard InChI is InChI=1S/C13H28O4S2/c14-9-12(16)7-5-3-1-2-4-6-8-18-19-11-13(17)10-15/h12-17H,1-11H2. The molecule has 2 atom stereocenters. The highest BCUT2D eigenvalue weighted by Crippen LogP contribution is 2.23. The van der Waals surface area contributed by atoms with Crippen LogP contribution in [0.1, 0.15) is 44.9 Å². The third-order valence-electron chi connectivity index (χ3n) is 2.78. The summed E-state index contributed by atoms with van der Waals surface area (Å²) in [5.74, 6) is 1.68. The van der Waals surface area contributed by atoms with Gasteiger partial charge in [-0.25, -0.2) is 0 Å². The Morgan fingerprint density at radius 3 is 1.89 bits per heavy atom. The third-order valence-corrected chi connectivity index (χ3v) is 5.33. The number of hydrogen-bond donors (Lipinski definition) is 4. The largest absolute Gasteiger partial charge is 0.394 e. The van der Waals surface area contributed by atoms with Gasteiger partial charge in [0.2, 0.25) is 0 Å². The van der Waals surface area contributed by atoms with Crippen LogP contribution in [-0.2, 0) is 0 Å². The average molecular weight is 312 g/mol. The molecule has 0 rings (SSSR count). The monoisotopic (exact) mass is 312 g/mol. The Balaban J connectivity index is 3.03. The smallest absolute Gasteiger partial charge is 0.0869 e. The minimum Gasteiger partial charge on any atom is -0.394 e. The fourth-order valence-electron chi connectivity index (χ4n) is 1.58. The van der Waals surface area contributed by atoms with Crippen LogP contribution in [0.3, 0.4) is 0 Å². The van der Waals surface area contributed by atoms with E-state index in [9.17, 15) is 0 Å². The molecule has 0 aromatic rings. The molecule has 2 unspecified atom stereocenters. The van der Waals surface area contributed by atoms with E-state index in [2.05, 4.69) is 0 Å². The molecule has 0 amide bonds. The number of aliphatic hydroxyl groups is 4. The van der Waals surface area contributed by atoms with Gasteiger partial charge >= 0.3 is 0 Å². The van der Waals surface area contributed by atoms with Crippen molar-refractivity contribution >= 4 is 21.6 Å². The molecule has 0 saturated heterocycles. The lowest BCUT2D eigenvalue weighted by atomic mass is 10.1. The normalized spacial score (nSPS) is 14.5. The Morgan fingerprint density at radius 1 is 0.684 bits per heavy atom. The first-order valence-electron chi connectivity index (χ1n) is 7.03. The maximum atomic E-state index is 9.15. The molecule has 0 fully saturated rings. The summed E-state index contributed by atoms with van der Waals surface area (Å²) < 4.78 is 0. The molecular weight excluding hydrogens is 284 g/mol. The van der Waals surface area contributed by atoms with Gasteiger partial charge in [-0.05, 0) is 12.8 Å². The molecular formula is C13H28O4S2. The summed E-state index contributed by atoms with van der Waals surface area (Å²) in [7, 11) is 3.38. The second-order valence-electron chi connectivity index (χ2n) is 4.69. The lowest BCUT2D eigenvalue weighted by Crippen LogP contribution is -2.13. The fourth-order valence-corrected chi connectivity index (χ4v) is 3.84. The zero-order valence-corrected chi connectivity index (χ0v) is 13.2. The highest BCUT2D eigenvalue weighted by Gasteiger charge is 2.02. The van der Waals surface area contributed by atoms with Crippen LogP contribution in [0.15, 0.2) is 0 Å². The van der Waals surface area contributed by atoms with Crippen LogP contribution in [0, 0.1) is 0 Å². The van der Waals surface area contributed by atoms with E-state index in [1.54, 1.807) is 21.6 Å². The molecule has 4 N–H and O–H groups in total. The van der Waals surface area contributed by atoms with Crippen molar-refractivity contribution in [2.75, 3.05) is 24.7 Å². The van der Waals surface area contributed by atoms with Crippen LogP contribution in [0.2, 0.25) is 0 Å². The second-order valence-corrected chi connectivity index (χ2v) is 7.32. The average Bonchev–Trinajstić information content (AvgIpc) is 2.43. The Labute approximate surface area is 124 Å². The molecule has 4 nitrogen and oxygen atoms in total. The predicted molar refractivity (Wildman–Crippen MR) is 83.4 cm³/mol. The molecule has 116 valence electrons. The molecule has 0 heterocycles. The minimum absolute atomic E-state index is 0.125. The van der Waals surface area contributed by atoms with Gasteiger partial charge in [0.25, 0.3) is 0 Å². The van der Waals surface area contributed by atoms with Gasteiger partial charge in [-0.3, -0.25) is 0 Å². The Morgan fingerprint density at radius 2 is 1.26 bits per heavy atom. The quantitative estimate of drug-likeness (QED) is 0.289. The first kappa shape index (κ1) is 19.5. The highest BCUT2D eigenvalue weighted by atomic mass is 33.1. The van der Waals surface area contributed by atoms with Crippen molar-refractivity contribution < 1.29 is 20.4 Å². The molecule has 0 bridgehead atoms. The van der Waals surface area contributed by atoms with E-state index >= 15 is 0 Å². The van der Waals surface area contributed by atoms with Gasteiger partial charge in [-0.1, -0.05) is 53.7 Å². The Kier molecular flexibility index (Phi) is 15.4. The van der Waals surface area contributed by atoms with E-state index in [0.717, 1.165) is 18.6 Å². The lowest BCUT2D eigenvalue weighted by Gasteiger charge is -2.06. The topological polar surface area (TPSA) is 80.9 Å². The summed E-state index contributed by atoms with van der Waals surface area (Å²) in [4.78, 5) is 0. The zero-order chi connectivity index (χ0) is 14.3. The van der Waals surface area contributed by atoms with Gasteiger partial charge < -0.3 is 20.4 Å². The molecule has 19 heavy (non-hydrogen) atoms. The number of hydrogen-bond acceptors (Lipinski definition) is 6. The van der Waals surface area contributed by atoms with Crippen LogP contribution in [-0.4, -0.2) is 57.4 Å². The van der Waals surface area contributed by atoms with E-state index < -0.39 is 12.2 Å². The van der Waals surface area contributed by atoms with Gasteiger partial charge in [-0.15, -0.1) is 0 Å². The highest BCUT2D eigenvalue weighted by molar-refractivity contribution is 8.76. The van der Waals surface area contributed by atoms with Crippen molar-refractivity contribution in [2.45, 2.75) is 57.2 Å². The van der Waals surface area contributed by atoms with Crippen LogP contribution < -0.4 is 0 Å². The van der Waals surface area contributed by atoms with Crippen molar-refractivity contribution in [3.05, 3.63) is 0 Å². The molecule has 0 radical (unpaired) electrons. The van der Waals surface area contributed by atoms with Crippen molar-refractivity contribution in [1.29, 1.82) is 0 Å². The molecule has 6 heteroatoms. The summed E-state index contributed by atoms with van der Waals surface area (Å²) in [6.07, 6.45) is 6.52. The van der Waals surface area contributed by atoms with Crippen molar-refractivity contribution in [1.82, 2.24) is 0 Å². The van der Waals surface area contributed by atoms with Crippen molar-refractivity contribution in [2.24, 2.45) is 0 Å². The van der Waals surface area contributed by atoms with Gasteiger partial charge in [0.05, 0.1) is 25.4 Å². The van der Waals surface area contributed by atoms with Gasteiger partial charge in [0, 0.05) is 11.5 Å². The lowest BCUT2D eigenvalue weighted by molar-refractivity contribution is 0.0860. The first-order chi connectivity index (χ1) is 9.20. The molecule has 0 aromatic carbocycles. The third kappa shape index (κ3) is 14.8. The van der Waals surface area contributed by atoms with Crippen LogP contribution in [0.4, 0.5) is 0 Å². The van der Waals surface area contributed by atoms with E-state index in [0.29, 0.717) is 12.2 Å². The van der Waals surface area contributed by atoms with Gasteiger partial charge in [0.1, 0.15) is 0 Å². The Bertz CT molecular complexity index is 166. The SMILES string of the molecule is OCC(O)CCCCCCCCSSCC(O)CO. The second kappa shape index (κ2) is 14.9. The van der Waals surface area contributed by atoms with E-state index in [4.69, 9.17) is 20.4 Å². The Hall–Kier alpha value is 0.540. The summed E-state index contributed by atoms with van der Waals surface area (Å²) in [5, 5.41) is 35.5. The van der Waals surface area contributed by atoms with Crippen molar-refractivity contribution in [3.8, 4) is 0 Å². The zero-order valence-electron chi connectivity index (χ0n) is 11.5. The molecule has 0 aliphatic carbocycles. The van der Waals surface area contributed by atoms with Crippen LogP contribution in [0.25, 0.3) is 0 Å². The minimum atomic E-state index is -0.591. The molecule has 0 aromatic heterocycles. The number of unbranched alkanes of at least 4 members (excludes halogenated alkanes) is 5. The maximum Gasteiger partial charge on any atom is 0.0869 e. The van der Waals surface area contributed by atoms with Crippen LogP contribution >= 0.6 is 21.6 Å². The molecule has 0 saturated carbocycles. The van der Waals surface area contributed by atoms with Gasteiger partial charge in [-0.2, -0.15) is 0 Å². The molecule has 0 spiro atoms. The van der Waals surface area contributed by atoms with E-state index in [-0.39, 0.29) is 13.2 Å². The summed E-state index contributed by atoms with van der Waals surface area (Å²) in [6, 6.07) is 0. The van der Waals surface area contributed by atoms with Crippen LogP contribution in [0.5, 0.6) is 0 Å². The van der Waals surface area contributed by atoms with E-state index in [1.165, 1.54) is 25.7 Å². The van der Waals surface area contributed by atoms with E-state index in [1.807, 2.05) is 0 Å². The predicted octanol–water partition coefficient (Wildman–Crippen LogP) is 1.80. The molecule has 0 aliphatic heterocycles. The maximum absolute atomic E-state index is 9.15. The number of aliphatic hydroxyl groups excluding tert-OH is 4. The summed E-state index contributed by atoms with van der Waals surface area (Å²) >= 11 is 0. The summed E-state index contributed by atoms with van der Waals surface area (Å²) in [6.45, 7) is -0.279. The first-order valence-corrected chi connectivity index (χ1v) is 9.51. The summed E-state index contributed by atoms with van der Waals surface area (Å²) in [5.41, 5.74) is 0. The van der Waals surface area contributed by atoms with Gasteiger partial charge in [0.15, 0.2) is 0 Å². The number of rotatable bonds is 14. The fraction of sp³-hybridized carbons (Fsp3) is 1.00.